The summed E-state index contributed by atoms with van der Waals surface area (Å²) in [6, 6.07) is 17.3. The molecule has 4 aromatic rings. The van der Waals surface area contributed by atoms with Crippen LogP contribution in [0.5, 0.6) is 0 Å². The second-order valence-corrected chi connectivity index (χ2v) is 7.53. The molecular weight excluding hydrogens is 427 g/mol. The van der Waals surface area contributed by atoms with Gasteiger partial charge >= 0.3 is 0 Å². The molecule has 0 spiro atoms. The van der Waals surface area contributed by atoms with E-state index in [9.17, 15) is 0 Å². The molecule has 2 aromatic heterocycles. The van der Waals surface area contributed by atoms with E-state index in [1.54, 1.807) is 23.0 Å². The van der Waals surface area contributed by atoms with Gasteiger partial charge in [0.1, 0.15) is 5.15 Å². The van der Waals surface area contributed by atoms with E-state index in [0.29, 0.717) is 27.3 Å². The van der Waals surface area contributed by atoms with E-state index < -0.39 is 0 Å². The number of H-pyrrole nitrogens is 1. The van der Waals surface area contributed by atoms with Crippen LogP contribution in [0.4, 0.5) is 0 Å². The first-order valence-electron chi connectivity index (χ1n) is 8.77. The van der Waals surface area contributed by atoms with Crippen molar-refractivity contribution in [1.29, 1.82) is 0 Å². The molecule has 29 heavy (non-hydrogen) atoms. The van der Waals surface area contributed by atoms with Gasteiger partial charge in [-0.25, -0.2) is 9.78 Å². The van der Waals surface area contributed by atoms with E-state index >= 15 is 0 Å². The molecule has 9 heteroatoms. The van der Waals surface area contributed by atoms with Crippen molar-refractivity contribution in [3.8, 4) is 11.4 Å². The van der Waals surface area contributed by atoms with E-state index in [0.717, 1.165) is 22.4 Å². The van der Waals surface area contributed by atoms with Gasteiger partial charge in [-0.05, 0) is 36.8 Å². The number of hydrogen-bond acceptors (Lipinski definition) is 4. The molecule has 0 saturated heterocycles. The maximum absolute atomic E-state index is 6.57. The summed E-state index contributed by atoms with van der Waals surface area (Å²) in [6.45, 7) is 2.47. The van der Waals surface area contributed by atoms with Crippen LogP contribution in [0.25, 0.3) is 11.4 Å². The minimum Gasteiger partial charge on any atom is -0.250 e. The summed E-state index contributed by atoms with van der Waals surface area (Å²) in [4.78, 5) is 0. The number of aromatic amines is 1. The average Bonchev–Trinajstić information content (AvgIpc) is 3.20. The fourth-order valence-corrected chi connectivity index (χ4v) is 3.56. The Morgan fingerprint density at radius 1 is 1.14 bits per heavy atom. The van der Waals surface area contributed by atoms with Gasteiger partial charge in [-0.15, -0.1) is 0 Å². The van der Waals surface area contributed by atoms with Crippen LogP contribution in [-0.4, -0.2) is 30.9 Å². The Balaban J connectivity index is 1.67. The van der Waals surface area contributed by atoms with Crippen LogP contribution < -0.4 is 0 Å². The molecule has 146 valence electrons. The van der Waals surface area contributed by atoms with E-state index in [1.807, 2.05) is 49.4 Å². The average molecular weight is 443 g/mol. The van der Waals surface area contributed by atoms with Crippen LogP contribution in [0, 0.1) is 11.7 Å². The molecular formula is C20H16Cl2N6S. The number of hydrogen-bond donors (Lipinski definition) is 1. The molecule has 0 fully saturated rings. The van der Waals surface area contributed by atoms with Crippen LogP contribution in [0.15, 0.2) is 59.7 Å². The minimum atomic E-state index is 0.363. The van der Waals surface area contributed by atoms with Crippen molar-refractivity contribution < 1.29 is 0 Å². The zero-order valence-electron chi connectivity index (χ0n) is 15.4. The van der Waals surface area contributed by atoms with Gasteiger partial charge in [-0.3, -0.25) is 0 Å². The first-order chi connectivity index (χ1) is 14.0. The quantitative estimate of drug-likeness (QED) is 0.334. The summed E-state index contributed by atoms with van der Waals surface area (Å²) in [7, 11) is 0. The van der Waals surface area contributed by atoms with Gasteiger partial charge in [0.2, 0.25) is 4.77 Å². The van der Waals surface area contributed by atoms with Crippen LogP contribution in [-0.2, 0) is 6.54 Å². The SMILES string of the molecule is Cc1nn(Cc2ccccc2)c(Cl)c1C=Nn1c(-c2cccc(Cl)c2)n[nH]c1=S. The van der Waals surface area contributed by atoms with E-state index in [4.69, 9.17) is 35.4 Å². The second-order valence-electron chi connectivity index (χ2n) is 6.35. The molecule has 0 radical (unpaired) electrons. The molecule has 0 aliphatic carbocycles. The lowest BCUT2D eigenvalue weighted by Gasteiger charge is -2.03. The van der Waals surface area contributed by atoms with Crippen molar-refractivity contribution in [1.82, 2.24) is 24.7 Å². The third-order valence-corrected chi connectivity index (χ3v) is 5.22. The third kappa shape index (κ3) is 4.17. The van der Waals surface area contributed by atoms with E-state index in [2.05, 4.69) is 20.4 Å². The molecule has 0 unspecified atom stereocenters. The first-order valence-corrected chi connectivity index (χ1v) is 9.94. The van der Waals surface area contributed by atoms with Crippen molar-refractivity contribution in [2.75, 3.05) is 0 Å². The van der Waals surface area contributed by atoms with E-state index in [-0.39, 0.29) is 0 Å². The molecule has 0 aliphatic rings. The monoisotopic (exact) mass is 442 g/mol. The molecule has 4 rings (SSSR count). The molecule has 0 saturated carbocycles. The largest absolute Gasteiger partial charge is 0.250 e. The van der Waals surface area contributed by atoms with Crippen molar-refractivity contribution in [2.45, 2.75) is 13.5 Å². The normalized spacial score (nSPS) is 11.4. The standard InChI is InChI=1S/C20H16Cl2N6S/c1-13-17(18(22)27(26-13)12-14-6-3-2-4-7-14)11-23-28-19(24-25-20(28)29)15-8-5-9-16(21)10-15/h2-11H,12H2,1H3,(H,25,29). The Kier molecular flexibility index (Phi) is 5.62. The smallest absolute Gasteiger partial charge is 0.216 e. The number of nitrogens with zero attached hydrogens (tertiary/aromatic N) is 5. The number of nitrogens with one attached hydrogen (secondary N) is 1. The Morgan fingerprint density at radius 3 is 2.69 bits per heavy atom. The fraction of sp³-hybridized carbons (Fsp3) is 0.100. The maximum atomic E-state index is 6.57. The van der Waals surface area contributed by atoms with Crippen LogP contribution in [0.3, 0.4) is 0 Å². The molecule has 0 bridgehead atoms. The topological polar surface area (TPSA) is 63.8 Å². The van der Waals surface area contributed by atoms with Gasteiger partial charge in [-0.2, -0.15) is 20.0 Å². The summed E-state index contributed by atoms with van der Waals surface area (Å²) >= 11 is 18.0. The van der Waals surface area contributed by atoms with Crippen LogP contribution in [0.1, 0.15) is 16.8 Å². The highest BCUT2D eigenvalue weighted by Gasteiger charge is 2.13. The van der Waals surface area contributed by atoms with Crippen molar-refractivity contribution >= 4 is 41.6 Å². The Bertz CT molecular complexity index is 1240. The van der Waals surface area contributed by atoms with Gasteiger partial charge in [0, 0.05) is 10.6 Å². The van der Waals surface area contributed by atoms with Gasteiger partial charge in [-0.1, -0.05) is 65.7 Å². The molecule has 1 N–H and O–H groups in total. The zero-order chi connectivity index (χ0) is 20.4. The van der Waals surface area contributed by atoms with Crippen molar-refractivity contribution in [3.05, 3.63) is 86.4 Å². The van der Waals surface area contributed by atoms with Gasteiger partial charge in [0.15, 0.2) is 5.82 Å². The highest BCUT2D eigenvalue weighted by Crippen LogP contribution is 2.22. The Morgan fingerprint density at radius 2 is 1.93 bits per heavy atom. The van der Waals surface area contributed by atoms with Gasteiger partial charge < -0.3 is 0 Å². The molecule has 6 nitrogen and oxygen atoms in total. The van der Waals surface area contributed by atoms with Crippen LogP contribution >= 0.6 is 35.4 Å². The lowest BCUT2D eigenvalue weighted by molar-refractivity contribution is 0.680. The second kappa shape index (κ2) is 8.32. The summed E-state index contributed by atoms with van der Waals surface area (Å²) < 4.78 is 3.65. The number of aromatic nitrogens is 5. The summed E-state index contributed by atoms with van der Waals surface area (Å²) in [5.41, 5.74) is 3.40. The molecule has 2 heterocycles. The molecule has 0 atom stereocenters. The summed E-state index contributed by atoms with van der Waals surface area (Å²) in [5, 5.41) is 17.2. The fourth-order valence-electron chi connectivity index (χ4n) is 2.90. The van der Waals surface area contributed by atoms with Crippen molar-refractivity contribution in [2.24, 2.45) is 5.10 Å². The maximum Gasteiger partial charge on any atom is 0.216 e. The number of benzene rings is 2. The highest BCUT2D eigenvalue weighted by atomic mass is 35.5. The lowest BCUT2D eigenvalue weighted by Crippen LogP contribution is -2.02. The Hall–Kier alpha value is -2.74. The molecule has 0 aliphatic heterocycles. The van der Waals surface area contributed by atoms with Crippen LogP contribution in [0.2, 0.25) is 10.2 Å². The number of halogens is 2. The zero-order valence-corrected chi connectivity index (χ0v) is 17.7. The number of aryl methyl sites for hydroxylation is 1. The summed E-state index contributed by atoms with van der Waals surface area (Å²) in [6.07, 6.45) is 1.64. The van der Waals surface area contributed by atoms with Gasteiger partial charge in [0.25, 0.3) is 0 Å². The van der Waals surface area contributed by atoms with Gasteiger partial charge in [0.05, 0.1) is 24.0 Å². The third-order valence-electron chi connectivity index (χ3n) is 4.32. The predicted octanol–water partition coefficient (Wildman–Crippen LogP) is 5.35. The first kappa shape index (κ1) is 19.6. The minimum absolute atomic E-state index is 0.363. The lowest BCUT2D eigenvalue weighted by atomic mass is 10.2. The number of rotatable bonds is 5. The highest BCUT2D eigenvalue weighted by molar-refractivity contribution is 7.71. The summed E-state index contributed by atoms with van der Waals surface area (Å²) in [5.74, 6) is 0.555. The van der Waals surface area contributed by atoms with Crippen molar-refractivity contribution in [3.63, 3.8) is 0 Å². The molecule has 0 amide bonds. The predicted molar refractivity (Wildman–Crippen MR) is 118 cm³/mol. The Labute approximate surface area is 182 Å². The van der Waals surface area contributed by atoms with E-state index in [1.165, 1.54) is 4.68 Å². The molecule has 2 aromatic carbocycles.